The van der Waals surface area contributed by atoms with Gasteiger partial charge in [-0.2, -0.15) is 0 Å². The number of unbranched alkanes of at least 4 members (excludes halogenated alkanes) is 12. The number of esters is 3. The lowest BCUT2D eigenvalue weighted by Crippen LogP contribution is -2.30. The molecule has 0 rings (SSSR count). The molecular weight excluding hydrogens is 781 g/mol. The van der Waals surface area contributed by atoms with Gasteiger partial charge in [0.15, 0.2) is 6.10 Å². The quantitative estimate of drug-likeness (QED) is 0.0200. The van der Waals surface area contributed by atoms with Gasteiger partial charge < -0.3 is 14.2 Å². The summed E-state index contributed by atoms with van der Waals surface area (Å²) in [6, 6.07) is 0. The molecule has 0 bridgehead atoms. The van der Waals surface area contributed by atoms with Crippen LogP contribution in [0, 0.1) is 0 Å². The minimum absolute atomic E-state index is 0.135. The van der Waals surface area contributed by atoms with Crippen LogP contribution in [0.25, 0.3) is 0 Å². The second-order valence-corrected chi connectivity index (χ2v) is 15.5. The Bertz CT molecular complexity index is 1460. The van der Waals surface area contributed by atoms with Crippen LogP contribution in [0.4, 0.5) is 0 Å². The molecule has 6 nitrogen and oxygen atoms in total. The zero-order valence-corrected chi connectivity index (χ0v) is 39.8. The van der Waals surface area contributed by atoms with Crippen LogP contribution in [0.1, 0.15) is 175 Å². The molecule has 1 unspecified atom stereocenters. The van der Waals surface area contributed by atoms with Gasteiger partial charge in [-0.1, -0.05) is 205 Å². The minimum atomic E-state index is -0.841. The Balaban J connectivity index is 4.63. The van der Waals surface area contributed by atoms with Crippen molar-refractivity contribution in [1.29, 1.82) is 0 Å². The first-order valence-electron chi connectivity index (χ1n) is 24.4. The van der Waals surface area contributed by atoms with E-state index in [1.54, 1.807) is 0 Å². The highest BCUT2D eigenvalue weighted by Gasteiger charge is 2.19. The number of rotatable bonds is 41. The maximum Gasteiger partial charge on any atom is 0.306 e. The molecule has 0 aromatic carbocycles. The Morgan fingerprint density at radius 3 is 1.19 bits per heavy atom. The fourth-order valence-electron chi connectivity index (χ4n) is 5.79. The van der Waals surface area contributed by atoms with Crippen molar-refractivity contribution in [1.82, 2.24) is 0 Å². The average molecular weight is 867 g/mol. The molecular formula is C57H86O6. The molecule has 0 spiro atoms. The van der Waals surface area contributed by atoms with E-state index in [-0.39, 0.29) is 38.0 Å². The summed E-state index contributed by atoms with van der Waals surface area (Å²) >= 11 is 0. The van der Waals surface area contributed by atoms with E-state index < -0.39 is 12.1 Å². The molecule has 6 heteroatoms. The minimum Gasteiger partial charge on any atom is -0.462 e. The lowest BCUT2D eigenvalue weighted by Gasteiger charge is -2.18. The van der Waals surface area contributed by atoms with E-state index in [0.717, 1.165) is 83.5 Å². The van der Waals surface area contributed by atoms with Crippen LogP contribution in [-0.4, -0.2) is 37.2 Å². The lowest BCUT2D eigenvalue weighted by molar-refractivity contribution is -0.167. The lowest BCUT2D eigenvalue weighted by atomic mass is 10.1. The van der Waals surface area contributed by atoms with Crippen molar-refractivity contribution in [3.05, 3.63) is 146 Å². The molecule has 0 aliphatic rings. The number of carbonyl (C=O) groups excluding carboxylic acids is 3. The summed E-state index contributed by atoms with van der Waals surface area (Å²) in [4.78, 5) is 37.9. The molecule has 1 atom stereocenters. The molecule has 0 N–H and O–H groups in total. The van der Waals surface area contributed by atoms with E-state index >= 15 is 0 Å². The van der Waals surface area contributed by atoms with Crippen LogP contribution >= 0.6 is 0 Å². The number of ether oxygens (including phenoxy) is 3. The molecule has 0 aromatic rings. The summed E-state index contributed by atoms with van der Waals surface area (Å²) in [6.07, 6.45) is 71.2. The number of allylic oxidation sites excluding steroid dienone is 24. The van der Waals surface area contributed by atoms with Crippen molar-refractivity contribution in [2.24, 2.45) is 0 Å². The molecule has 0 saturated carbocycles. The van der Waals surface area contributed by atoms with Crippen molar-refractivity contribution >= 4 is 17.9 Å². The average Bonchev–Trinajstić information content (AvgIpc) is 3.28. The number of hydrogen-bond acceptors (Lipinski definition) is 6. The number of hydrogen-bond donors (Lipinski definition) is 0. The Labute approximate surface area is 385 Å². The summed E-state index contributed by atoms with van der Waals surface area (Å²) in [5.41, 5.74) is 0. The van der Waals surface area contributed by atoms with Gasteiger partial charge >= 0.3 is 17.9 Å². The fourth-order valence-corrected chi connectivity index (χ4v) is 5.79. The Hall–Kier alpha value is -4.71. The van der Waals surface area contributed by atoms with E-state index in [1.165, 1.54) is 38.5 Å². The predicted molar refractivity (Wildman–Crippen MR) is 269 cm³/mol. The summed E-state index contributed by atoms with van der Waals surface area (Å²) in [5, 5.41) is 0. The first-order chi connectivity index (χ1) is 31.0. The Morgan fingerprint density at radius 1 is 0.349 bits per heavy atom. The van der Waals surface area contributed by atoms with Crippen LogP contribution in [0.15, 0.2) is 146 Å². The third kappa shape index (κ3) is 48.2. The molecule has 0 heterocycles. The highest BCUT2D eigenvalue weighted by Crippen LogP contribution is 2.10. The Morgan fingerprint density at radius 2 is 0.714 bits per heavy atom. The zero-order chi connectivity index (χ0) is 45.8. The summed E-state index contributed by atoms with van der Waals surface area (Å²) < 4.78 is 16.6. The molecule has 350 valence electrons. The Kier molecular flexibility index (Phi) is 46.2. The largest absolute Gasteiger partial charge is 0.462 e. The second kappa shape index (κ2) is 49.9. The van der Waals surface area contributed by atoms with Crippen molar-refractivity contribution in [3.63, 3.8) is 0 Å². The van der Waals surface area contributed by atoms with Crippen LogP contribution in [0.2, 0.25) is 0 Å². The van der Waals surface area contributed by atoms with Gasteiger partial charge in [0.05, 0.1) is 0 Å². The molecule has 0 aliphatic carbocycles. The first kappa shape index (κ1) is 58.3. The van der Waals surface area contributed by atoms with Crippen LogP contribution in [-0.2, 0) is 28.6 Å². The van der Waals surface area contributed by atoms with Crippen molar-refractivity contribution in [3.8, 4) is 0 Å². The van der Waals surface area contributed by atoms with Crippen molar-refractivity contribution in [2.45, 2.75) is 181 Å². The second-order valence-electron chi connectivity index (χ2n) is 15.5. The molecule has 0 aliphatic heterocycles. The maximum absolute atomic E-state index is 12.8. The van der Waals surface area contributed by atoms with Crippen LogP contribution in [0.5, 0.6) is 0 Å². The van der Waals surface area contributed by atoms with Crippen molar-refractivity contribution < 1.29 is 28.6 Å². The predicted octanol–water partition coefficient (Wildman–Crippen LogP) is 16.1. The van der Waals surface area contributed by atoms with Gasteiger partial charge in [-0.25, -0.2) is 0 Å². The van der Waals surface area contributed by atoms with E-state index in [0.29, 0.717) is 19.3 Å². The highest BCUT2D eigenvalue weighted by atomic mass is 16.6. The fraction of sp³-hybridized carbons (Fsp3) is 0.526. The summed E-state index contributed by atoms with van der Waals surface area (Å²) in [6.45, 7) is 6.26. The van der Waals surface area contributed by atoms with Gasteiger partial charge in [-0.05, 0) is 96.3 Å². The first-order valence-corrected chi connectivity index (χ1v) is 24.4. The van der Waals surface area contributed by atoms with Gasteiger partial charge in [0, 0.05) is 19.3 Å². The summed E-state index contributed by atoms with van der Waals surface area (Å²) in [5.74, 6) is -1.08. The van der Waals surface area contributed by atoms with E-state index in [4.69, 9.17) is 14.2 Å². The van der Waals surface area contributed by atoms with E-state index in [2.05, 4.69) is 106 Å². The van der Waals surface area contributed by atoms with Gasteiger partial charge in [0.25, 0.3) is 0 Å². The standard InChI is InChI=1S/C57H86O6/c1-4-7-10-13-16-19-22-24-26-28-30-32-35-38-41-44-47-50-56(59)62-53-54(52-61-55(58)49-46-43-40-37-34-21-18-15-12-9-6-3)63-57(60)51-48-45-42-39-36-33-31-29-27-25-23-20-17-14-11-8-5-2/h7,10,13,15-22,24-28,30-35,39,42,54H,4-6,8-9,11-12,14,23,29,36-38,40-41,43-53H2,1-3H3/b10-7-,16-13-,18-15-,20-17-,22-19-,26-24-,27-25-,30-28+,33-31-,34-21-,35-32-,42-39-. The number of carbonyl (C=O) groups is 3. The van der Waals surface area contributed by atoms with E-state index in [9.17, 15) is 14.4 Å². The van der Waals surface area contributed by atoms with E-state index in [1.807, 2.05) is 60.8 Å². The van der Waals surface area contributed by atoms with Gasteiger partial charge in [-0.3, -0.25) is 14.4 Å². The maximum atomic E-state index is 12.8. The van der Waals surface area contributed by atoms with Gasteiger partial charge in [0.1, 0.15) is 13.2 Å². The van der Waals surface area contributed by atoms with Crippen LogP contribution in [0.3, 0.4) is 0 Å². The smallest absolute Gasteiger partial charge is 0.306 e. The topological polar surface area (TPSA) is 78.9 Å². The normalized spacial score (nSPS) is 13.4. The molecule has 0 aromatic heterocycles. The van der Waals surface area contributed by atoms with Gasteiger partial charge in [-0.15, -0.1) is 0 Å². The third-order valence-corrected chi connectivity index (χ3v) is 9.49. The molecule has 63 heavy (non-hydrogen) atoms. The summed E-state index contributed by atoms with van der Waals surface area (Å²) in [7, 11) is 0. The van der Waals surface area contributed by atoms with Crippen molar-refractivity contribution in [2.75, 3.05) is 13.2 Å². The SMILES string of the molecule is CC\C=C/C=C\C=C/C=C\C=C\C=C/CCCCCC(=O)OCC(COC(=O)CCCCC/C=C\C=C/CCCC)OC(=O)CCC/C=C\C/C=C\C/C=C\C/C=C\CCCCC. The molecule has 0 fully saturated rings. The zero-order valence-electron chi connectivity index (χ0n) is 39.8. The van der Waals surface area contributed by atoms with Gasteiger partial charge in [0.2, 0.25) is 0 Å². The third-order valence-electron chi connectivity index (χ3n) is 9.49. The monoisotopic (exact) mass is 867 g/mol. The molecule has 0 saturated heterocycles. The molecule has 0 amide bonds. The molecule has 0 radical (unpaired) electrons. The van der Waals surface area contributed by atoms with Crippen LogP contribution < -0.4 is 0 Å². The highest BCUT2D eigenvalue weighted by molar-refractivity contribution is 5.71.